The molecule has 9 heavy (non-hydrogen) atoms. The van der Waals surface area contributed by atoms with Gasteiger partial charge in [0.15, 0.2) is 0 Å². The molecule has 0 aromatic rings. The van der Waals surface area contributed by atoms with Gasteiger partial charge in [0.2, 0.25) is 5.91 Å². The maximum Gasteiger partial charge on any atom is 0.217 e. The number of thiol groups is 1. The Morgan fingerprint density at radius 3 is 2.56 bits per heavy atom. The van der Waals surface area contributed by atoms with Gasteiger partial charge in [-0.05, 0) is 0 Å². The van der Waals surface area contributed by atoms with Crippen LogP contribution in [-0.2, 0) is 9.59 Å². The molecule has 1 N–H and O–H groups in total. The number of hydrogen-bond donors (Lipinski definition) is 2. The van der Waals surface area contributed by atoms with E-state index in [4.69, 9.17) is 0 Å². The average Bonchev–Trinajstić information content (AvgIpc) is 1.82. The minimum Gasteiger partial charge on any atom is -0.346 e. The third-order valence-electron chi connectivity index (χ3n) is 0.750. The van der Waals surface area contributed by atoms with Crippen molar-refractivity contribution in [1.82, 2.24) is 5.32 Å². The molecule has 0 unspecified atom stereocenters. The summed E-state index contributed by atoms with van der Waals surface area (Å²) >= 11 is 3.82. The van der Waals surface area contributed by atoms with E-state index in [1.807, 2.05) is 0 Å². The monoisotopic (exact) mass is 147 g/mol. The van der Waals surface area contributed by atoms with Crippen molar-refractivity contribution in [3.8, 4) is 0 Å². The minimum absolute atomic E-state index is 0.207. The van der Waals surface area contributed by atoms with Crippen LogP contribution in [0.25, 0.3) is 0 Å². The molecular formula is C5H9NO2S. The largest absolute Gasteiger partial charge is 0.346 e. The molecule has 0 rings (SSSR count). The van der Waals surface area contributed by atoms with E-state index in [0.29, 0.717) is 12.0 Å². The first-order valence-corrected chi connectivity index (χ1v) is 3.17. The van der Waals surface area contributed by atoms with Crippen molar-refractivity contribution in [2.24, 2.45) is 0 Å². The fourth-order valence-corrected chi connectivity index (χ4v) is 0.561. The second kappa shape index (κ2) is 4.38. The summed E-state index contributed by atoms with van der Waals surface area (Å²) in [7, 11) is 0. The van der Waals surface area contributed by atoms with Crippen LogP contribution in [0.4, 0.5) is 0 Å². The number of carbonyl (C=O) groups excluding carboxylic acids is 2. The number of nitrogens with one attached hydrogen (secondary N) is 1. The highest BCUT2D eigenvalue weighted by Crippen LogP contribution is 1.81. The van der Waals surface area contributed by atoms with Crippen LogP contribution < -0.4 is 5.32 Å². The van der Waals surface area contributed by atoms with Crippen molar-refractivity contribution >= 4 is 24.8 Å². The molecule has 0 aliphatic carbocycles. The summed E-state index contributed by atoms with van der Waals surface area (Å²) in [6, 6.07) is -0.439. The lowest BCUT2D eigenvalue weighted by molar-refractivity contribution is -0.121. The predicted octanol–water partition coefficient (Wildman–Crippen LogP) is -0.380. The zero-order chi connectivity index (χ0) is 7.28. The van der Waals surface area contributed by atoms with Gasteiger partial charge in [-0.15, -0.1) is 0 Å². The SMILES string of the molecule is CC(=O)N[C@H](C=O)CS. The number of carbonyl (C=O) groups is 2. The molecule has 0 radical (unpaired) electrons. The Balaban J connectivity index is 3.55. The highest BCUT2D eigenvalue weighted by molar-refractivity contribution is 7.80. The summed E-state index contributed by atoms with van der Waals surface area (Å²) < 4.78 is 0. The van der Waals surface area contributed by atoms with Crippen molar-refractivity contribution < 1.29 is 9.59 Å². The van der Waals surface area contributed by atoms with Crippen molar-refractivity contribution in [2.75, 3.05) is 5.75 Å². The zero-order valence-electron chi connectivity index (χ0n) is 5.13. The number of hydrogen-bond acceptors (Lipinski definition) is 3. The summed E-state index contributed by atoms with van der Waals surface area (Å²) in [6.45, 7) is 1.36. The first-order valence-electron chi connectivity index (χ1n) is 2.54. The van der Waals surface area contributed by atoms with E-state index in [2.05, 4.69) is 17.9 Å². The molecular weight excluding hydrogens is 138 g/mol. The normalized spacial score (nSPS) is 12.2. The first-order chi connectivity index (χ1) is 4.20. The van der Waals surface area contributed by atoms with Gasteiger partial charge in [-0.3, -0.25) is 4.79 Å². The maximum atomic E-state index is 10.3. The average molecular weight is 147 g/mol. The highest BCUT2D eigenvalue weighted by Gasteiger charge is 2.03. The number of amides is 1. The van der Waals surface area contributed by atoms with Crippen LogP contribution in [0.15, 0.2) is 0 Å². The smallest absolute Gasteiger partial charge is 0.217 e. The molecule has 0 spiro atoms. The van der Waals surface area contributed by atoms with Gasteiger partial charge < -0.3 is 10.1 Å². The molecule has 0 aromatic carbocycles. The fraction of sp³-hybridized carbons (Fsp3) is 0.600. The van der Waals surface area contributed by atoms with Gasteiger partial charge in [-0.1, -0.05) is 0 Å². The van der Waals surface area contributed by atoms with Gasteiger partial charge in [-0.25, -0.2) is 0 Å². The van der Waals surface area contributed by atoms with E-state index in [-0.39, 0.29) is 5.91 Å². The topological polar surface area (TPSA) is 46.2 Å². The van der Waals surface area contributed by atoms with Gasteiger partial charge in [-0.2, -0.15) is 12.6 Å². The molecule has 0 aromatic heterocycles. The summed E-state index contributed by atoms with van der Waals surface area (Å²) in [5.74, 6) is 0.143. The second-order valence-corrected chi connectivity index (χ2v) is 1.99. The van der Waals surface area contributed by atoms with E-state index in [1.165, 1.54) is 6.92 Å². The van der Waals surface area contributed by atoms with Gasteiger partial charge >= 0.3 is 0 Å². The molecule has 1 atom stereocenters. The maximum absolute atomic E-state index is 10.3. The van der Waals surface area contributed by atoms with E-state index in [0.717, 1.165) is 0 Å². The summed E-state index contributed by atoms with van der Waals surface area (Å²) in [5, 5.41) is 2.40. The van der Waals surface area contributed by atoms with Gasteiger partial charge in [0.1, 0.15) is 6.29 Å². The second-order valence-electron chi connectivity index (χ2n) is 1.63. The lowest BCUT2D eigenvalue weighted by atomic mass is 10.4. The number of aldehydes is 1. The standard InChI is InChI=1S/C5H9NO2S/c1-4(8)6-5(2-7)3-9/h2,5,9H,3H2,1H3,(H,6,8)/t5-/m1/s1. The quantitative estimate of drug-likeness (QED) is 0.422. The van der Waals surface area contributed by atoms with Crippen LogP contribution in [0.1, 0.15) is 6.92 Å². The molecule has 0 bridgehead atoms. The van der Waals surface area contributed by atoms with Crippen LogP contribution in [0.3, 0.4) is 0 Å². The Kier molecular flexibility index (Phi) is 4.13. The lowest BCUT2D eigenvalue weighted by Gasteiger charge is -2.05. The Morgan fingerprint density at radius 1 is 1.89 bits per heavy atom. The molecule has 3 nitrogen and oxygen atoms in total. The summed E-state index contributed by atoms with van der Waals surface area (Å²) in [6.07, 6.45) is 0.661. The summed E-state index contributed by atoms with van der Waals surface area (Å²) in [4.78, 5) is 20.3. The molecule has 52 valence electrons. The van der Waals surface area contributed by atoms with Gasteiger partial charge in [0.25, 0.3) is 0 Å². The molecule has 0 saturated heterocycles. The lowest BCUT2D eigenvalue weighted by Crippen LogP contribution is -2.35. The van der Waals surface area contributed by atoms with Crippen LogP contribution >= 0.6 is 12.6 Å². The van der Waals surface area contributed by atoms with E-state index >= 15 is 0 Å². The van der Waals surface area contributed by atoms with E-state index < -0.39 is 6.04 Å². The van der Waals surface area contributed by atoms with Gasteiger partial charge in [0.05, 0.1) is 6.04 Å². The Hall–Kier alpha value is -0.510. The van der Waals surface area contributed by atoms with Crippen molar-refractivity contribution in [3.63, 3.8) is 0 Å². The van der Waals surface area contributed by atoms with E-state index in [1.54, 1.807) is 0 Å². The van der Waals surface area contributed by atoms with Crippen LogP contribution in [-0.4, -0.2) is 24.0 Å². The Bertz CT molecular complexity index is 116. The minimum atomic E-state index is -0.439. The summed E-state index contributed by atoms with van der Waals surface area (Å²) in [5.41, 5.74) is 0. The number of rotatable bonds is 3. The Morgan fingerprint density at radius 2 is 2.44 bits per heavy atom. The molecule has 1 amide bonds. The van der Waals surface area contributed by atoms with Crippen LogP contribution in [0, 0.1) is 0 Å². The third-order valence-corrected chi connectivity index (χ3v) is 1.14. The fourth-order valence-electron chi connectivity index (χ4n) is 0.384. The molecule has 4 heteroatoms. The van der Waals surface area contributed by atoms with Gasteiger partial charge in [0, 0.05) is 12.7 Å². The zero-order valence-corrected chi connectivity index (χ0v) is 6.02. The first kappa shape index (κ1) is 8.49. The molecule has 0 saturated carbocycles. The van der Waals surface area contributed by atoms with Crippen molar-refractivity contribution in [2.45, 2.75) is 13.0 Å². The molecule has 0 aliphatic heterocycles. The molecule has 0 heterocycles. The highest BCUT2D eigenvalue weighted by atomic mass is 32.1. The predicted molar refractivity (Wildman–Crippen MR) is 37.5 cm³/mol. The van der Waals surface area contributed by atoms with Crippen LogP contribution in [0.5, 0.6) is 0 Å². The third kappa shape index (κ3) is 4.02. The molecule has 0 aliphatic rings. The van der Waals surface area contributed by atoms with Crippen molar-refractivity contribution in [3.05, 3.63) is 0 Å². The van der Waals surface area contributed by atoms with E-state index in [9.17, 15) is 9.59 Å². The Labute approximate surface area is 59.2 Å². The molecule has 0 fully saturated rings. The van der Waals surface area contributed by atoms with Crippen LogP contribution in [0.2, 0.25) is 0 Å². The van der Waals surface area contributed by atoms with Crippen molar-refractivity contribution in [1.29, 1.82) is 0 Å².